The summed E-state index contributed by atoms with van der Waals surface area (Å²) in [4.78, 5) is 0. The molecule has 2 N–H and O–H groups in total. The van der Waals surface area contributed by atoms with Gasteiger partial charge in [-0.05, 0) is 31.4 Å². The molecule has 3 heteroatoms. The maximum atomic E-state index is 5.80. The Bertz CT molecular complexity index is 379. The first-order valence-corrected chi connectivity index (χ1v) is 7.11. The SMILES string of the molecule is CCCOc1cccc2c1NCCC(CCC)N2. The van der Waals surface area contributed by atoms with Crippen LogP contribution < -0.4 is 15.4 Å². The van der Waals surface area contributed by atoms with Gasteiger partial charge in [0.1, 0.15) is 11.4 Å². The van der Waals surface area contributed by atoms with Crippen LogP contribution in [0.2, 0.25) is 0 Å². The van der Waals surface area contributed by atoms with Gasteiger partial charge in [0.2, 0.25) is 0 Å². The van der Waals surface area contributed by atoms with Crippen molar-refractivity contribution in [1.82, 2.24) is 0 Å². The van der Waals surface area contributed by atoms with Gasteiger partial charge in [-0.3, -0.25) is 0 Å². The van der Waals surface area contributed by atoms with E-state index in [2.05, 4.69) is 36.6 Å². The van der Waals surface area contributed by atoms with Crippen LogP contribution in [0, 0.1) is 0 Å². The van der Waals surface area contributed by atoms with Crippen LogP contribution in [0.1, 0.15) is 39.5 Å². The van der Waals surface area contributed by atoms with Crippen LogP contribution in [-0.2, 0) is 0 Å². The minimum Gasteiger partial charge on any atom is -0.491 e. The molecular formula is C15H24N2O. The molecule has 0 fully saturated rings. The number of anilines is 2. The van der Waals surface area contributed by atoms with Gasteiger partial charge in [-0.15, -0.1) is 0 Å². The Morgan fingerprint density at radius 3 is 2.94 bits per heavy atom. The van der Waals surface area contributed by atoms with E-state index in [4.69, 9.17) is 4.74 Å². The normalized spacial score (nSPS) is 18.2. The molecule has 0 spiro atoms. The molecule has 3 nitrogen and oxygen atoms in total. The van der Waals surface area contributed by atoms with Gasteiger partial charge in [0.15, 0.2) is 0 Å². The van der Waals surface area contributed by atoms with E-state index in [1.807, 2.05) is 6.07 Å². The molecule has 0 saturated carbocycles. The summed E-state index contributed by atoms with van der Waals surface area (Å²) in [6.45, 7) is 6.15. The molecule has 18 heavy (non-hydrogen) atoms. The second-order valence-electron chi connectivity index (χ2n) is 4.87. The Balaban J connectivity index is 2.16. The Labute approximate surface area is 110 Å². The van der Waals surface area contributed by atoms with Crippen molar-refractivity contribution in [2.24, 2.45) is 0 Å². The molecule has 2 rings (SSSR count). The lowest BCUT2D eigenvalue weighted by molar-refractivity contribution is 0.319. The third kappa shape index (κ3) is 3.09. The van der Waals surface area contributed by atoms with E-state index < -0.39 is 0 Å². The molecule has 0 aliphatic carbocycles. The highest BCUT2D eigenvalue weighted by Crippen LogP contribution is 2.35. The summed E-state index contributed by atoms with van der Waals surface area (Å²) in [5.74, 6) is 0.971. The third-order valence-corrected chi connectivity index (χ3v) is 3.28. The maximum absolute atomic E-state index is 5.80. The molecule has 1 atom stereocenters. The molecule has 1 aliphatic heterocycles. The van der Waals surface area contributed by atoms with E-state index in [0.29, 0.717) is 6.04 Å². The Kier molecular flexibility index (Phi) is 4.73. The van der Waals surface area contributed by atoms with Crippen LogP contribution in [0.25, 0.3) is 0 Å². The van der Waals surface area contributed by atoms with E-state index in [-0.39, 0.29) is 0 Å². The second kappa shape index (κ2) is 6.53. The Morgan fingerprint density at radius 2 is 2.17 bits per heavy atom. The van der Waals surface area contributed by atoms with Crippen LogP contribution in [-0.4, -0.2) is 19.2 Å². The predicted molar refractivity (Wildman–Crippen MR) is 77.7 cm³/mol. The van der Waals surface area contributed by atoms with Crippen LogP contribution in [0.15, 0.2) is 18.2 Å². The highest BCUT2D eigenvalue weighted by molar-refractivity contribution is 5.76. The highest BCUT2D eigenvalue weighted by atomic mass is 16.5. The number of benzene rings is 1. The van der Waals surface area contributed by atoms with Gasteiger partial charge >= 0.3 is 0 Å². The summed E-state index contributed by atoms with van der Waals surface area (Å²) in [6.07, 6.45) is 4.64. The maximum Gasteiger partial charge on any atom is 0.144 e. The van der Waals surface area contributed by atoms with Crippen LogP contribution in [0.3, 0.4) is 0 Å². The molecule has 1 heterocycles. The van der Waals surface area contributed by atoms with E-state index in [1.165, 1.54) is 18.5 Å². The Morgan fingerprint density at radius 1 is 1.28 bits per heavy atom. The van der Waals surface area contributed by atoms with E-state index in [9.17, 15) is 0 Å². The van der Waals surface area contributed by atoms with E-state index >= 15 is 0 Å². The minimum atomic E-state index is 0.574. The molecule has 0 saturated heterocycles. The highest BCUT2D eigenvalue weighted by Gasteiger charge is 2.17. The summed E-state index contributed by atoms with van der Waals surface area (Å²) in [5.41, 5.74) is 2.31. The molecule has 0 radical (unpaired) electrons. The number of fused-ring (bicyclic) bond motifs is 1. The summed E-state index contributed by atoms with van der Waals surface area (Å²) >= 11 is 0. The van der Waals surface area contributed by atoms with Crippen molar-refractivity contribution in [1.29, 1.82) is 0 Å². The number of nitrogens with one attached hydrogen (secondary N) is 2. The zero-order valence-electron chi connectivity index (χ0n) is 11.5. The fourth-order valence-electron chi connectivity index (χ4n) is 2.39. The van der Waals surface area contributed by atoms with Gasteiger partial charge in [-0.25, -0.2) is 0 Å². The van der Waals surface area contributed by atoms with Crippen molar-refractivity contribution in [3.63, 3.8) is 0 Å². The first-order valence-electron chi connectivity index (χ1n) is 7.11. The van der Waals surface area contributed by atoms with Crippen molar-refractivity contribution in [2.45, 2.75) is 45.6 Å². The van der Waals surface area contributed by atoms with Crippen LogP contribution >= 0.6 is 0 Å². The average Bonchev–Trinajstić information content (AvgIpc) is 2.58. The van der Waals surface area contributed by atoms with Crippen LogP contribution in [0.4, 0.5) is 11.4 Å². The molecule has 0 aromatic heterocycles. The molecule has 0 bridgehead atoms. The third-order valence-electron chi connectivity index (χ3n) is 3.28. The number of hydrogen-bond donors (Lipinski definition) is 2. The van der Waals surface area contributed by atoms with Crippen molar-refractivity contribution in [2.75, 3.05) is 23.8 Å². The van der Waals surface area contributed by atoms with Gasteiger partial charge in [-0.1, -0.05) is 26.3 Å². The zero-order chi connectivity index (χ0) is 12.8. The van der Waals surface area contributed by atoms with Crippen LogP contribution in [0.5, 0.6) is 5.75 Å². The lowest BCUT2D eigenvalue weighted by Crippen LogP contribution is -2.19. The monoisotopic (exact) mass is 248 g/mol. The quantitative estimate of drug-likeness (QED) is 0.830. The molecule has 1 aliphatic rings. The number of para-hydroxylation sites is 1. The van der Waals surface area contributed by atoms with Crippen molar-refractivity contribution in [3.8, 4) is 5.75 Å². The molecule has 1 unspecified atom stereocenters. The summed E-state index contributed by atoms with van der Waals surface area (Å²) in [7, 11) is 0. The van der Waals surface area contributed by atoms with Crippen molar-refractivity contribution >= 4 is 11.4 Å². The first kappa shape index (κ1) is 13.1. The van der Waals surface area contributed by atoms with Gasteiger partial charge < -0.3 is 15.4 Å². The average molecular weight is 248 g/mol. The second-order valence-corrected chi connectivity index (χ2v) is 4.87. The molecule has 1 aromatic rings. The topological polar surface area (TPSA) is 33.3 Å². The number of hydrogen-bond acceptors (Lipinski definition) is 3. The smallest absolute Gasteiger partial charge is 0.144 e. The Hall–Kier alpha value is -1.38. The van der Waals surface area contributed by atoms with Crippen molar-refractivity contribution < 1.29 is 4.74 Å². The number of rotatable bonds is 5. The summed E-state index contributed by atoms with van der Waals surface area (Å²) < 4.78 is 5.80. The minimum absolute atomic E-state index is 0.574. The van der Waals surface area contributed by atoms with Gasteiger partial charge in [0.05, 0.1) is 12.3 Å². The van der Waals surface area contributed by atoms with E-state index in [1.54, 1.807) is 0 Å². The largest absolute Gasteiger partial charge is 0.491 e. The zero-order valence-corrected chi connectivity index (χ0v) is 11.5. The lowest BCUT2D eigenvalue weighted by Gasteiger charge is -2.17. The number of ether oxygens (including phenoxy) is 1. The van der Waals surface area contributed by atoms with Crippen molar-refractivity contribution in [3.05, 3.63) is 18.2 Å². The predicted octanol–water partition coefficient (Wildman–Crippen LogP) is 3.87. The summed E-state index contributed by atoms with van der Waals surface area (Å²) in [6, 6.07) is 6.82. The van der Waals surface area contributed by atoms with Gasteiger partial charge in [-0.2, -0.15) is 0 Å². The molecular weight excluding hydrogens is 224 g/mol. The molecule has 100 valence electrons. The lowest BCUT2D eigenvalue weighted by atomic mass is 10.1. The fraction of sp³-hybridized carbons (Fsp3) is 0.600. The summed E-state index contributed by atoms with van der Waals surface area (Å²) in [5, 5.41) is 7.14. The fourth-order valence-corrected chi connectivity index (χ4v) is 2.39. The standard InChI is InChI=1S/C15H24N2O/c1-3-6-12-9-10-16-15-13(17-12)7-5-8-14(15)18-11-4-2/h5,7-8,12,16-17H,3-4,6,9-11H2,1-2H3. The molecule has 0 amide bonds. The van der Waals surface area contributed by atoms with E-state index in [0.717, 1.165) is 37.4 Å². The first-order chi connectivity index (χ1) is 8.85. The molecule has 1 aromatic carbocycles. The van der Waals surface area contributed by atoms with Gasteiger partial charge in [0, 0.05) is 12.6 Å². The van der Waals surface area contributed by atoms with Gasteiger partial charge in [0.25, 0.3) is 0 Å².